The SMILES string of the molecule is COC(=O)C(C(=O)Cl)c1ccsc1. The van der Waals surface area contributed by atoms with E-state index >= 15 is 0 Å². The maximum atomic E-state index is 11.1. The summed E-state index contributed by atoms with van der Waals surface area (Å²) in [5, 5.41) is 2.75. The summed E-state index contributed by atoms with van der Waals surface area (Å²) >= 11 is 6.67. The summed E-state index contributed by atoms with van der Waals surface area (Å²) in [6.07, 6.45) is 0. The van der Waals surface area contributed by atoms with Gasteiger partial charge in [0.05, 0.1) is 7.11 Å². The molecule has 1 aromatic heterocycles. The molecule has 0 saturated heterocycles. The molecule has 13 heavy (non-hydrogen) atoms. The third-order valence-corrected chi connectivity index (χ3v) is 2.46. The van der Waals surface area contributed by atoms with Gasteiger partial charge in [0.25, 0.3) is 0 Å². The minimum Gasteiger partial charge on any atom is -0.468 e. The molecule has 0 spiro atoms. The van der Waals surface area contributed by atoms with E-state index in [1.54, 1.807) is 16.8 Å². The number of esters is 1. The monoisotopic (exact) mass is 218 g/mol. The number of ether oxygens (including phenoxy) is 1. The second-order valence-electron chi connectivity index (χ2n) is 2.32. The Balaban J connectivity index is 2.93. The van der Waals surface area contributed by atoms with Crippen LogP contribution in [0.5, 0.6) is 0 Å². The van der Waals surface area contributed by atoms with Gasteiger partial charge in [0.2, 0.25) is 5.24 Å². The molecule has 0 radical (unpaired) electrons. The van der Waals surface area contributed by atoms with Crippen LogP contribution in [0.3, 0.4) is 0 Å². The summed E-state index contributed by atoms with van der Waals surface area (Å²) < 4.78 is 4.46. The molecule has 70 valence electrons. The molecule has 1 heterocycles. The summed E-state index contributed by atoms with van der Waals surface area (Å²) in [5.41, 5.74) is 0.580. The number of carbonyl (C=O) groups is 2. The van der Waals surface area contributed by atoms with Crippen molar-refractivity contribution in [3.05, 3.63) is 22.4 Å². The van der Waals surface area contributed by atoms with Gasteiger partial charge in [-0.3, -0.25) is 9.59 Å². The van der Waals surface area contributed by atoms with Crippen molar-refractivity contribution in [2.45, 2.75) is 5.92 Å². The van der Waals surface area contributed by atoms with Crippen molar-refractivity contribution in [3.63, 3.8) is 0 Å². The predicted octanol–water partition coefficient (Wildman–Crippen LogP) is 1.77. The molecule has 0 aromatic carbocycles. The number of carbonyl (C=O) groups excluding carboxylic acids is 2. The average molecular weight is 219 g/mol. The van der Waals surface area contributed by atoms with Crippen LogP contribution in [0.25, 0.3) is 0 Å². The van der Waals surface area contributed by atoms with Gasteiger partial charge in [-0.15, -0.1) is 0 Å². The van der Waals surface area contributed by atoms with E-state index in [9.17, 15) is 9.59 Å². The molecule has 0 N–H and O–H groups in total. The fourth-order valence-corrected chi connectivity index (χ4v) is 1.82. The smallest absolute Gasteiger partial charge is 0.322 e. The topological polar surface area (TPSA) is 43.4 Å². The van der Waals surface area contributed by atoms with E-state index in [4.69, 9.17) is 11.6 Å². The second kappa shape index (κ2) is 4.39. The molecule has 1 rings (SSSR count). The lowest BCUT2D eigenvalue weighted by Gasteiger charge is -2.07. The maximum Gasteiger partial charge on any atom is 0.322 e. The van der Waals surface area contributed by atoms with Gasteiger partial charge in [-0.05, 0) is 34.0 Å². The number of methoxy groups -OCH3 is 1. The summed E-state index contributed by atoms with van der Waals surface area (Å²) in [7, 11) is 1.22. The molecule has 1 aromatic rings. The number of halogens is 1. The third-order valence-electron chi connectivity index (χ3n) is 1.54. The van der Waals surface area contributed by atoms with Gasteiger partial charge in [0.1, 0.15) is 0 Å². The summed E-state index contributed by atoms with van der Waals surface area (Å²) in [4.78, 5) is 22.0. The molecule has 0 saturated carbocycles. The van der Waals surface area contributed by atoms with E-state index in [1.807, 2.05) is 0 Å². The molecule has 0 aliphatic rings. The highest BCUT2D eigenvalue weighted by Crippen LogP contribution is 2.22. The molecule has 3 nitrogen and oxygen atoms in total. The van der Waals surface area contributed by atoms with E-state index in [1.165, 1.54) is 18.4 Å². The Morgan fingerprint density at radius 2 is 2.31 bits per heavy atom. The van der Waals surface area contributed by atoms with Crippen LogP contribution in [-0.4, -0.2) is 18.3 Å². The van der Waals surface area contributed by atoms with Crippen LogP contribution in [-0.2, 0) is 14.3 Å². The first-order valence-corrected chi connectivity index (χ1v) is 4.78. The minimum absolute atomic E-state index is 0.580. The minimum atomic E-state index is -0.988. The van der Waals surface area contributed by atoms with E-state index < -0.39 is 17.1 Å². The van der Waals surface area contributed by atoms with Crippen LogP contribution in [0.15, 0.2) is 16.8 Å². The largest absolute Gasteiger partial charge is 0.468 e. The van der Waals surface area contributed by atoms with Gasteiger partial charge < -0.3 is 4.74 Å². The van der Waals surface area contributed by atoms with Gasteiger partial charge in [0, 0.05) is 0 Å². The third kappa shape index (κ3) is 2.29. The predicted molar refractivity (Wildman–Crippen MR) is 49.9 cm³/mol. The average Bonchev–Trinajstić information content (AvgIpc) is 2.56. The van der Waals surface area contributed by atoms with E-state index in [-0.39, 0.29) is 0 Å². The first kappa shape index (κ1) is 10.2. The van der Waals surface area contributed by atoms with Crippen molar-refractivity contribution in [2.24, 2.45) is 0 Å². The van der Waals surface area contributed by atoms with Gasteiger partial charge in [0.15, 0.2) is 5.92 Å². The summed E-state index contributed by atoms with van der Waals surface area (Å²) in [5.74, 6) is -1.61. The molecule has 0 amide bonds. The fraction of sp³-hybridized carbons (Fsp3) is 0.250. The first-order chi connectivity index (χ1) is 6.16. The zero-order chi connectivity index (χ0) is 9.84. The lowest BCUT2D eigenvalue weighted by molar-refractivity contribution is -0.144. The maximum absolute atomic E-state index is 11.1. The van der Waals surface area contributed by atoms with Gasteiger partial charge in [-0.2, -0.15) is 11.3 Å². The Morgan fingerprint density at radius 3 is 2.69 bits per heavy atom. The number of thiophene rings is 1. The van der Waals surface area contributed by atoms with Crippen molar-refractivity contribution < 1.29 is 14.3 Å². The highest BCUT2D eigenvalue weighted by atomic mass is 35.5. The number of hydrogen-bond acceptors (Lipinski definition) is 4. The Morgan fingerprint density at radius 1 is 1.62 bits per heavy atom. The molecule has 1 unspecified atom stereocenters. The Hall–Kier alpha value is -0.870. The van der Waals surface area contributed by atoms with Gasteiger partial charge in [-0.25, -0.2) is 0 Å². The van der Waals surface area contributed by atoms with Crippen molar-refractivity contribution in [1.82, 2.24) is 0 Å². The van der Waals surface area contributed by atoms with Crippen LogP contribution in [0, 0.1) is 0 Å². The van der Waals surface area contributed by atoms with Crippen LogP contribution in [0.1, 0.15) is 11.5 Å². The second-order valence-corrected chi connectivity index (χ2v) is 3.47. The molecule has 0 fully saturated rings. The van der Waals surface area contributed by atoms with Crippen LogP contribution < -0.4 is 0 Å². The van der Waals surface area contributed by atoms with Crippen molar-refractivity contribution in [3.8, 4) is 0 Å². The molecule has 1 atom stereocenters. The Kier molecular flexibility index (Phi) is 3.45. The number of hydrogen-bond donors (Lipinski definition) is 0. The van der Waals surface area contributed by atoms with Crippen molar-refractivity contribution in [2.75, 3.05) is 7.11 Å². The van der Waals surface area contributed by atoms with Crippen LogP contribution in [0.4, 0.5) is 0 Å². The lowest BCUT2D eigenvalue weighted by atomic mass is 10.1. The number of rotatable bonds is 3. The zero-order valence-corrected chi connectivity index (χ0v) is 8.39. The summed E-state index contributed by atoms with van der Waals surface area (Å²) in [6.45, 7) is 0. The van der Waals surface area contributed by atoms with Gasteiger partial charge >= 0.3 is 5.97 Å². The quantitative estimate of drug-likeness (QED) is 0.441. The molecular weight excluding hydrogens is 212 g/mol. The van der Waals surface area contributed by atoms with Crippen molar-refractivity contribution in [1.29, 1.82) is 0 Å². The van der Waals surface area contributed by atoms with E-state index in [2.05, 4.69) is 4.74 Å². The Bertz CT molecular complexity index is 307. The summed E-state index contributed by atoms with van der Waals surface area (Å²) in [6, 6.07) is 1.67. The van der Waals surface area contributed by atoms with E-state index in [0.717, 1.165) is 0 Å². The fourth-order valence-electron chi connectivity index (χ4n) is 0.917. The molecule has 5 heteroatoms. The molecular formula is C8H7ClO3S. The van der Waals surface area contributed by atoms with E-state index in [0.29, 0.717) is 5.56 Å². The highest BCUT2D eigenvalue weighted by Gasteiger charge is 2.28. The zero-order valence-electron chi connectivity index (χ0n) is 6.82. The highest BCUT2D eigenvalue weighted by molar-refractivity contribution is 7.08. The van der Waals surface area contributed by atoms with Crippen molar-refractivity contribution >= 4 is 34.1 Å². The molecule has 0 aliphatic carbocycles. The van der Waals surface area contributed by atoms with Crippen LogP contribution >= 0.6 is 22.9 Å². The normalized spacial score (nSPS) is 12.2. The standard InChI is InChI=1S/C8H7ClO3S/c1-12-8(11)6(7(9)10)5-2-3-13-4-5/h2-4,6H,1H3. The molecule has 0 bridgehead atoms. The van der Waals surface area contributed by atoms with Crippen LogP contribution in [0.2, 0.25) is 0 Å². The lowest BCUT2D eigenvalue weighted by Crippen LogP contribution is -2.19. The Labute approximate surface area is 84.3 Å². The molecule has 0 aliphatic heterocycles. The first-order valence-electron chi connectivity index (χ1n) is 3.46. The van der Waals surface area contributed by atoms with Gasteiger partial charge in [-0.1, -0.05) is 0 Å².